The maximum Gasteiger partial charge on any atom is 0.309 e. The van der Waals surface area contributed by atoms with Crippen LogP contribution in [-0.4, -0.2) is 51.3 Å². The van der Waals surface area contributed by atoms with E-state index in [0.29, 0.717) is 32.8 Å². The zero-order valence-corrected chi connectivity index (χ0v) is 18.5. The molecule has 1 aliphatic carbocycles. The molecule has 0 bridgehead atoms. The van der Waals surface area contributed by atoms with Gasteiger partial charge in [-0.25, -0.2) is 0 Å². The normalized spacial score (nSPS) is 28.3. The fourth-order valence-corrected chi connectivity index (χ4v) is 4.62. The lowest BCUT2D eigenvalue weighted by atomic mass is 9.87. The summed E-state index contributed by atoms with van der Waals surface area (Å²) in [6.45, 7) is 3.55. The van der Waals surface area contributed by atoms with Crippen molar-refractivity contribution in [2.24, 2.45) is 17.8 Å². The van der Waals surface area contributed by atoms with E-state index in [9.17, 15) is 9.59 Å². The Balaban J connectivity index is 1.72. The van der Waals surface area contributed by atoms with Crippen LogP contribution in [0.1, 0.15) is 44.6 Å². The van der Waals surface area contributed by atoms with Crippen LogP contribution in [0.4, 0.5) is 0 Å². The predicted molar refractivity (Wildman–Crippen MR) is 113 cm³/mol. The fourth-order valence-electron chi connectivity index (χ4n) is 4.62. The summed E-state index contributed by atoms with van der Waals surface area (Å²) in [7, 11) is 1.38. The third-order valence-corrected chi connectivity index (χ3v) is 6.08. The Morgan fingerprint density at radius 3 is 2.65 bits per heavy atom. The van der Waals surface area contributed by atoms with E-state index in [2.05, 4.69) is 0 Å². The highest BCUT2D eigenvalue weighted by Gasteiger charge is 2.50. The number of hydrogen-bond donors (Lipinski definition) is 0. The van der Waals surface area contributed by atoms with Crippen molar-refractivity contribution < 1.29 is 33.3 Å². The Labute approximate surface area is 184 Å². The Morgan fingerprint density at radius 1 is 1.16 bits per heavy atom. The van der Waals surface area contributed by atoms with Crippen LogP contribution in [0.15, 0.2) is 30.3 Å². The molecule has 1 aromatic carbocycles. The average molecular weight is 435 g/mol. The van der Waals surface area contributed by atoms with Gasteiger partial charge in [-0.2, -0.15) is 0 Å². The first-order chi connectivity index (χ1) is 15.1. The minimum Gasteiger partial charge on any atom is -0.469 e. The van der Waals surface area contributed by atoms with Gasteiger partial charge in [0.2, 0.25) is 0 Å². The number of methoxy groups -OCH3 is 1. The second-order valence-electron chi connectivity index (χ2n) is 8.19. The molecule has 172 valence electrons. The van der Waals surface area contributed by atoms with Crippen molar-refractivity contribution in [3.05, 3.63) is 35.9 Å². The minimum atomic E-state index is -0.487. The van der Waals surface area contributed by atoms with Gasteiger partial charge in [0.25, 0.3) is 0 Å². The van der Waals surface area contributed by atoms with Gasteiger partial charge < -0.3 is 23.7 Å². The first-order valence-electron chi connectivity index (χ1n) is 11.2. The molecule has 7 nitrogen and oxygen atoms in total. The molecule has 0 spiro atoms. The van der Waals surface area contributed by atoms with Crippen LogP contribution in [0.5, 0.6) is 0 Å². The van der Waals surface area contributed by atoms with Crippen molar-refractivity contribution in [3.8, 4) is 0 Å². The van der Waals surface area contributed by atoms with Crippen LogP contribution >= 0.6 is 0 Å². The molecule has 1 saturated carbocycles. The van der Waals surface area contributed by atoms with E-state index >= 15 is 0 Å². The van der Waals surface area contributed by atoms with Crippen LogP contribution < -0.4 is 0 Å². The zero-order chi connectivity index (χ0) is 22.1. The van der Waals surface area contributed by atoms with E-state index in [1.807, 2.05) is 30.3 Å². The van der Waals surface area contributed by atoms with Crippen molar-refractivity contribution in [1.82, 2.24) is 0 Å². The molecule has 2 aliphatic rings. The van der Waals surface area contributed by atoms with Crippen LogP contribution in [0, 0.1) is 17.8 Å². The van der Waals surface area contributed by atoms with E-state index in [1.54, 1.807) is 6.92 Å². The third-order valence-electron chi connectivity index (χ3n) is 6.08. The molecule has 3 rings (SSSR count). The van der Waals surface area contributed by atoms with Gasteiger partial charge in [0.15, 0.2) is 6.29 Å². The quantitative estimate of drug-likeness (QED) is 0.522. The highest BCUT2D eigenvalue weighted by Crippen LogP contribution is 2.43. The smallest absolute Gasteiger partial charge is 0.309 e. The summed E-state index contributed by atoms with van der Waals surface area (Å²) in [5, 5.41) is 0. The lowest BCUT2D eigenvalue weighted by Crippen LogP contribution is -2.36. The summed E-state index contributed by atoms with van der Waals surface area (Å²) in [6.07, 6.45) is 3.12. The molecular weight excluding hydrogens is 400 g/mol. The number of carbonyl (C=O) groups is 2. The molecule has 0 N–H and O–H groups in total. The molecule has 0 radical (unpaired) electrons. The molecule has 7 heteroatoms. The maximum absolute atomic E-state index is 12.7. The van der Waals surface area contributed by atoms with Crippen molar-refractivity contribution in [3.63, 3.8) is 0 Å². The lowest BCUT2D eigenvalue weighted by Gasteiger charge is -2.30. The summed E-state index contributed by atoms with van der Waals surface area (Å²) >= 11 is 0. The maximum atomic E-state index is 12.7. The van der Waals surface area contributed by atoms with Gasteiger partial charge in [-0.05, 0) is 44.1 Å². The summed E-state index contributed by atoms with van der Waals surface area (Å²) in [6, 6.07) is 9.89. The SMILES string of the molecule is CCOC(=O)CC1CC(OC2CCCCO2)C(COCc2ccccc2)C1C(=O)OC. The molecule has 5 atom stereocenters. The highest BCUT2D eigenvalue weighted by atomic mass is 16.7. The molecule has 1 heterocycles. The Kier molecular flexibility index (Phi) is 9.31. The van der Waals surface area contributed by atoms with Crippen LogP contribution in [0.25, 0.3) is 0 Å². The second-order valence-corrected chi connectivity index (χ2v) is 8.19. The molecule has 1 aliphatic heterocycles. The third kappa shape index (κ3) is 6.76. The first-order valence-corrected chi connectivity index (χ1v) is 11.2. The molecule has 0 aromatic heterocycles. The first kappa shape index (κ1) is 23.7. The van der Waals surface area contributed by atoms with E-state index in [0.717, 1.165) is 24.8 Å². The second kappa shape index (κ2) is 12.2. The number of hydrogen-bond acceptors (Lipinski definition) is 7. The van der Waals surface area contributed by atoms with Crippen molar-refractivity contribution in [1.29, 1.82) is 0 Å². The topological polar surface area (TPSA) is 80.3 Å². The highest BCUT2D eigenvalue weighted by molar-refractivity contribution is 5.76. The van der Waals surface area contributed by atoms with Crippen molar-refractivity contribution in [2.45, 2.75) is 58.0 Å². The minimum absolute atomic E-state index is 0.161. The average Bonchev–Trinajstić information content (AvgIpc) is 3.11. The summed E-state index contributed by atoms with van der Waals surface area (Å²) < 4.78 is 28.3. The van der Waals surface area contributed by atoms with Crippen molar-refractivity contribution >= 4 is 11.9 Å². The number of benzene rings is 1. The standard InChI is InChI=1S/C24H34O7/c1-3-29-21(25)14-18-13-20(31-22-11-7-8-12-30-22)19(23(18)24(26)27-2)16-28-15-17-9-5-4-6-10-17/h4-6,9-10,18-20,22-23H,3,7-8,11-16H2,1-2H3. The molecule has 2 fully saturated rings. The van der Waals surface area contributed by atoms with Gasteiger partial charge in [-0.1, -0.05) is 30.3 Å². The van der Waals surface area contributed by atoms with Crippen LogP contribution in [-0.2, 0) is 39.9 Å². The van der Waals surface area contributed by atoms with E-state index in [-0.39, 0.29) is 42.6 Å². The van der Waals surface area contributed by atoms with E-state index < -0.39 is 5.92 Å². The molecule has 1 aromatic rings. The monoisotopic (exact) mass is 434 g/mol. The van der Waals surface area contributed by atoms with Crippen LogP contribution in [0.2, 0.25) is 0 Å². The predicted octanol–water partition coefficient (Wildman–Crippen LogP) is 3.49. The number of carbonyl (C=O) groups excluding carboxylic acids is 2. The summed E-state index contributed by atoms with van der Waals surface area (Å²) in [5.74, 6) is -1.57. The van der Waals surface area contributed by atoms with E-state index in [4.69, 9.17) is 23.7 Å². The largest absolute Gasteiger partial charge is 0.469 e. The van der Waals surface area contributed by atoms with Gasteiger partial charge >= 0.3 is 11.9 Å². The Hall–Kier alpha value is -1.96. The molecule has 5 unspecified atom stereocenters. The number of rotatable bonds is 10. The summed E-state index contributed by atoms with van der Waals surface area (Å²) in [4.78, 5) is 24.9. The number of ether oxygens (including phenoxy) is 5. The molecule has 1 saturated heterocycles. The van der Waals surface area contributed by atoms with Gasteiger partial charge in [0, 0.05) is 18.9 Å². The van der Waals surface area contributed by atoms with Gasteiger partial charge in [-0.15, -0.1) is 0 Å². The van der Waals surface area contributed by atoms with Gasteiger partial charge in [0.05, 0.1) is 39.0 Å². The fraction of sp³-hybridized carbons (Fsp3) is 0.667. The Bertz CT molecular complexity index is 686. The number of esters is 2. The molecular formula is C24H34O7. The van der Waals surface area contributed by atoms with Gasteiger partial charge in [0.1, 0.15) is 0 Å². The van der Waals surface area contributed by atoms with Crippen molar-refractivity contribution in [2.75, 3.05) is 26.9 Å². The molecule has 0 amide bonds. The zero-order valence-electron chi connectivity index (χ0n) is 18.5. The Morgan fingerprint density at radius 2 is 1.97 bits per heavy atom. The van der Waals surface area contributed by atoms with E-state index in [1.165, 1.54) is 7.11 Å². The lowest BCUT2D eigenvalue weighted by molar-refractivity contribution is -0.200. The van der Waals surface area contributed by atoms with Gasteiger partial charge in [-0.3, -0.25) is 9.59 Å². The summed E-state index contributed by atoms with van der Waals surface area (Å²) in [5.41, 5.74) is 1.06. The molecule has 31 heavy (non-hydrogen) atoms. The van der Waals surface area contributed by atoms with Crippen LogP contribution in [0.3, 0.4) is 0 Å².